The Hall–Kier alpha value is -2.80. The molecule has 2 aromatic heterocycles. The minimum Gasteiger partial charge on any atom is -0.454 e. The number of pyridine rings is 1. The standard InChI is InChI=1S/C18H18N2O4S/c1-13(21)19-11-9-15-6-7-17(25-15)16(22)12-24-18(23)8-5-14-4-2-3-10-20-14/h2-8,10H,9,11-12H2,1H3,(H,19,21). The van der Waals surface area contributed by atoms with Gasteiger partial charge in [0.1, 0.15) is 0 Å². The summed E-state index contributed by atoms with van der Waals surface area (Å²) in [6.45, 7) is 1.67. The highest BCUT2D eigenvalue weighted by Gasteiger charge is 2.11. The number of carbonyl (C=O) groups excluding carboxylic acids is 3. The predicted octanol–water partition coefficient (Wildman–Crippen LogP) is 2.26. The zero-order chi connectivity index (χ0) is 18.1. The zero-order valence-electron chi connectivity index (χ0n) is 13.7. The van der Waals surface area contributed by atoms with Crippen LogP contribution in [-0.2, 0) is 20.7 Å². The molecule has 2 aromatic rings. The predicted molar refractivity (Wildman–Crippen MR) is 95.3 cm³/mol. The van der Waals surface area contributed by atoms with Crippen molar-refractivity contribution in [2.24, 2.45) is 0 Å². The van der Waals surface area contributed by atoms with Crippen LogP contribution in [0.1, 0.15) is 27.2 Å². The van der Waals surface area contributed by atoms with Gasteiger partial charge in [-0.25, -0.2) is 4.79 Å². The van der Waals surface area contributed by atoms with Crippen LogP contribution >= 0.6 is 11.3 Å². The third-order valence-electron chi connectivity index (χ3n) is 3.11. The van der Waals surface area contributed by atoms with Gasteiger partial charge in [-0.05, 0) is 36.8 Å². The third kappa shape index (κ3) is 6.68. The fourth-order valence-electron chi connectivity index (χ4n) is 1.91. The summed E-state index contributed by atoms with van der Waals surface area (Å²) >= 11 is 1.33. The molecule has 1 amide bonds. The summed E-state index contributed by atoms with van der Waals surface area (Å²) in [4.78, 5) is 40.1. The smallest absolute Gasteiger partial charge is 0.331 e. The van der Waals surface area contributed by atoms with Crippen molar-refractivity contribution in [1.29, 1.82) is 0 Å². The van der Waals surface area contributed by atoms with Crippen LogP contribution in [0.3, 0.4) is 0 Å². The highest BCUT2D eigenvalue weighted by atomic mass is 32.1. The topological polar surface area (TPSA) is 85.4 Å². The number of carbonyl (C=O) groups is 3. The SMILES string of the molecule is CC(=O)NCCc1ccc(C(=O)COC(=O)C=Cc2ccccn2)s1. The van der Waals surface area contributed by atoms with Gasteiger partial charge >= 0.3 is 5.97 Å². The fraction of sp³-hybridized carbons (Fsp3) is 0.222. The van der Waals surface area contributed by atoms with Crippen molar-refractivity contribution < 1.29 is 19.1 Å². The minimum atomic E-state index is -0.596. The Balaban J connectivity index is 1.78. The number of aromatic nitrogens is 1. The number of ketones is 1. The van der Waals surface area contributed by atoms with E-state index in [9.17, 15) is 14.4 Å². The molecule has 0 aliphatic heterocycles. The summed E-state index contributed by atoms with van der Waals surface area (Å²) < 4.78 is 4.95. The van der Waals surface area contributed by atoms with Gasteiger partial charge in [0.05, 0.1) is 10.6 Å². The average Bonchev–Trinajstić information content (AvgIpc) is 3.07. The molecule has 7 heteroatoms. The molecule has 1 N–H and O–H groups in total. The molecule has 25 heavy (non-hydrogen) atoms. The summed E-state index contributed by atoms with van der Waals surface area (Å²) in [5, 5.41) is 2.70. The van der Waals surface area contributed by atoms with E-state index in [1.807, 2.05) is 12.1 Å². The molecular weight excluding hydrogens is 340 g/mol. The highest BCUT2D eigenvalue weighted by Crippen LogP contribution is 2.17. The fourth-order valence-corrected chi connectivity index (χ4v) is 2.84. The van der Waals surface area contributed by atoms with Crippen molar-refractivity contribution in [2.75, 3.05) is 13.2 Å². The Morgan fingerprint density at radius 2 is 2.08 bits per heavy atom. The van der Waals surface area contributed by atoms with Gasteiger partial charge < -0.3 is 10.1 Å². The molecule has 0 aliphatic carbocycles. The van der Waals surface area contributed by atoms with Crippen LogP contribution < -0.4 is 5.32 Å². The summed E-state index contributed by atoms with van der Waals surface area (Å²) in [5.41, 5.74) is 0.632. The van der Waals surface area contributed by atoms with Crippen LogP contribution in [-0.4, -0.2) is 35.8 Å². The average molecular weight is 358 g/mol. The first-order chi connectivity index (χ1) is 12.0. The Kier molecular flexibility index (Phi) is 7.03. The number of nitrogens with one attached hydrogen (secondary N) is 1. The van der Waals surface area contributed by atoms with Crippen molar-refractivity contribution in [2.45, 2.75) is 13.3 Å². The van der Waals surface area contributed by atoms with E-state index in [0.29, 0.717) is 23.5 Å². The molecule has 0 bridgehead atoms. The van der Waals surface area contributed by atoms with Gasteiger partial charge in [0, 0.05) is 30.6 Å². The van der Waals surface area contributed by atoms with Crippen molar-refractivity contribution in [1.82, 2.24) is 10.3 Å². The van der Waals surface area contributed by atoms with Crippen LogP contribution in [0, 0.1) is 0 Å². The number of nitrogens with zero attached hydrogens (tertiary/aromatic N) is 1. The van der Waals surface area contributed by atoms with Crippen LogP contribution in [0.15, 0.2) is 42.6 Å². The Morgan fingerprint density at radius 1 is 1.24 bits per heavy atom. The number of hydrogen-bond acceptors (Lipinski definition) is 6. The first kappa shape index (κ1) is 18.5. The molecule has 0 saturated heterocycles. The zero-order valence-corrected chi connectivity index (χ0v) is 14.5. The molecule has 0 aliphatic rings. The Morgan fingerprint density at radius 3 is 2.80 bits per heavy atom. The lowest BCUT2D eigenvalue weighted by Crippen LogP contribution is -2.22. The molecular formula is C18H18N2O4S. The van der Waals surface area contributed by atoms with Crippen LogP contribution in [0.2, 0.25) is 0 Å². The minimum absolute atomic E-state index is 0.0847. The Bertz CT molecular complexity index is 768. The van der Waals surface area contributed by atoms with Crippen molar-refractivity contribution in [3.63, 3.8) is 0 Å². The van der Waals surface area contributed by atoms with E-state index in [2.05, 4.69) is 10.3 Å². The summed E-state index contributed by atoms with van der Waals surface area (Å²) in [5.74, 6) is -0.935. The number of hydrogen-bond donors (Lipinski definition) is 1. The summed E-state index contributed by atoms with van der Waals surface area (Å²) in [6, 6.07) is 8.88. The van der Waals surface area contributed by atoms with Gasteiger partial charge in [-0.3, -0.25) is 14.6 Å². The van der Waals surface area contributed by atoms with Gasteiger partial charge in [-0.2, -0.15) is 0 Å². The second kappa shape index (κ2) is 9.48. The molecule has 2 heterocycles. The molecule has 0 fully saturated rings. The van der Waals surface area contributed by atoms with E-state index in [1.165, 1.54) is 30.4 Å². The number of thiophene rings is 1. The second-order valence-corrected chi connectivity index (χ2v) is 6.29. The van der Waals surface area contributed by atoms with E-state index >= 15 is 0 Å². The molecule has 0 saturated carbocycles. The lowest BCUT2D eigenvalue weighted by Gasteiger charge is -2.00. The number of Topliss-reactive ketones (excluding diaryl/α,β-unsaturated/α-hetero) is 1. The summed E-state index contributed by atoms with van der Waals surface area (Å²) in [7, 11) is 0. The maximum Gasteiger partial charge on any atom is 0.331 e. The number of rotatable bonds is 8. The molecule has 0 unspecified atom stereocenters. The maximum absolute atomic E-state index is 12.0. The van der Waals surface area contributed by atoms with Gasteiger partial charge in [0.25, 0.3) is 0 Å². The monoisotopic (exact) mass is 358 g/mol. The lowest BCUT2D eigenvalue weighted by atomic mass is 10.3. The van der Waals surface area contributed by atoms with Crippen molar-refractivity contribution >= 4 is 35.1 Å². The molecule has 6 nitrogen and oxygen atoms in total. The molecule has 2 rings (SSSR count). The second-order valence-electron chi connectivity index (χ2n) is 5.12. The summed E-state index contributed by atoms with van der Waals surface area (Å²) in [6.07, 6.45) is 5.04. The Labute approximate surface area is 149 Å². The quantitative estimate of drug-likeness (QED) is 0.444. The molecule has 130 valence electrons. The van der Waals surface area contributed by atoms with Crippen LogP contribution in [0.4, 0.5) is 0 Å². The van der Waals surface area contributed by atoms with Gasteiger partial charge in [0.2, 0.25) is 11.7 Å². The van der Waals surface area contributed by atoms with Crippen molar-refractivity contribution in [3.8, 4) is 0 Å². The van der Waals surface area contributed by atoms with E-state index in [0.717, 1.165) is 4.88 Å². The van der Waals surface area contributed by atoms with E-state index in [1.54, 1.807) is 24.4 Å². The number of amides is 1. The van der Waals surface area contributed by atoms with Crippen molar-refractivity contribution in [3.05, 3.63) is 58.1 Å². The molecule has 0 aromatic carbocycles. The van der Waals surface area contributed by atoms with Gasteiger partial charge in [-0.15, -0.1) is 11.3 Å². The van der Waals surface area contributed by atoms with E-state index in [4.69, 9.17) is 4.74 Å². The van der Waals surface area contributed by atoms with E-state index < -0.39 is 5.97 Å². The first-order valence-electron chi connectivity index (χ1n) is 7.67. The van der Waals surface area contributed by atoms with Crippen LogP contribution in [0.25, 0.3) is 6.08 Å². The maximum atomic E-state index is 12.0. The van der Waals surface area contributed by atoms with Crippen LogP contribution in [0.5, 0.6) is 0 Å². The van der Waals surface area contributed by atoms with E-state index in [-0.39, 0.29) is 18.3 Å². The molecule has 0 spiro atoms. The van der Waals surface area contributed by atoms with Gasteiger partial charge in [0.15, 0.2) is 6.61 Å². The molecule has 0 radical (unpaired) electrons. The first-order valence-corrected chi connectivity index (χ1v) is 8.48. The number of esters is 1. The molecule has 0 atom stereocenters. The normalized spacial score (nSPS) is 10.6. The van der Waals surface area contributed by atoms with Gasteiger partial charge in [-0.1, -0.05) is 6.07 Å². The largest absolute Gasteiger partial charge is 0.454 e. The number of ether oxygens (including phenoxy) is 1. The highest BCUT2D eigenvalue weighted by molar-refractivity contribution is 7.14. The lowest BCUT2D eigenvalue weighted by molar-refractivity contribution is -0.136. The third-order valence-corrected chi connectivity index (χ3v) is 4.29.